The number of carbonyl (C=O) groups excluding carboxylic acids is 1. The highest BCUT2D eigenvalue weighted by Gasteiger charge is 2.21. The van der Waals surface area contributed by atoms with Crippen molar-refractivity contribution in [2.45, 2.75) is 32.8 Å². The van der Waals surface area contributed by atoms with Gasteiger partial charge in [-0.3, -0.25) is 15.0 Å². The third-order valence-corrected chi connectivity index (χ3v) is 4.85. The Morgan fingerprint density at radius 1 is 1.36 bits per heavy atom. The van der Waals surface area contributed by atoms with Crippen LogP contribution in [0.5, 0.6) is 0 Å². The average Bonchev–Trinajstić information content (AvgIpc) is 3.12. The van der Waals surface area contributed by atoms with Crippen molar-refractivity contribution in [3.05, 3.63) is 55.6 Å². The summed E-state index contributed by atoms with van der Waals surface area (Å²) in [6, 6.07) is 7.07. The molecule has 1 amide bonds. The van der Waals surface area contributed by atoms with E-state index in [1.807, 2.05) is 19.1 Å². The molecule has 1 atom stereocenters. The van der Waals surface area contributed by atoms with Crippen molar-refractivity contribution >= 4 is 17.2 Å². The van der Waals surface area contributed by atoms with E-state index >= 15 is 0 Å². The van der Waals surface area contributed by atoms with Gasteiger partial charge in [0.1, 0.15) is 0 Å². The number of hydrogen-bond acceptors (Lipinski definition) is 4. The zero-order chi connectivity index (χ0) is 15.7. The van der Waals surface area contributed by atoms with Crippen molar-refractivity contribution in [1.82, 2.24) is 4.68 Å². The first-order chi connectivity index (χ1) is 10.5. The minimum absolute atomic E-state index is 0.107. The number of aryl methyl sites for hydroxylation is 2. The number of nitrogens with zero attached hydrogens (tertiary/aromatic N) is 1. The van der Waals surface area contributed by atoms with Gasteiger partial charge in [0.15, 0.2) is 0 Å². The molecule has 0 radical (unpaired) electrons. The Balaban J connectivity index is 1.79. The molecule has 1 fully saturated rings. The molecule has 0 saturated carbocycles. The van der Waals surface area contributed by atoms with Crippen LogP contribution in [-0.2, 0) is 4.74 Å². The maximum Gasteiger partial charge on any atom is 0.280 e. The summed E-state index contributed by atoms with van der Waals surface area (Å²) in [7, 11) is 0. The maximum absolute atomic E-state index is 12.3. The average molecular weight is 318 g/mol. The van der Waals surface area contributed by atoms with Gasteiger partial charge in [-0.05, 0) is 50.5 Å². The molecule has 0 spiro atoms. The highest BCUT2D eigenvalue weighted by Crippen LogP contribution is 2.33. The Morgan fingerprint density at radius 3 is 2.86 bits per heavy atom. The van der Waals surface area contributed by atoms with Crippen LogP contribution in [0.25, 0.3) is 0 Å². The maximum atomic E-state index is 12.3. The zero-order valence-electron chi connectivity index (χ0n) is 12.6. The van der Waals surface area contributed by atoms with Crippen LogP contribution < -0.4 is 11.0 Å². The number of amides is 1. The number of aromatic nitrogens is 1. The Labute approximate surface area is 132 Å². The van der Waals surface area contributed by atoms with E-state index in [0.717, 1.165) is 29.9 Å². The summed E-state index contributed by atoms with van der Waals surface area (Å²) in [6.45, 7) is 4.43. The van der Waals surface area contributed by atoms with Crippen LogP contribution in [-0.4, -0.2) is 17.2 Å². The van der Waals surface area contributed by atoms with Gasteiger partial charge in [0.2, 0.25) is 0 Å². The Morgan fingerprint density at radius 2 is 2.18 bits per heavy atom. The molecule has 116 valence electrons. The SMILES string of the molecule is Cc1cc(C)n(NC(=O)c2ccc([C@H]3CCCO3)s2)c(=O)c1. The third-order valence-electron chi connectivity index (χ3n) is 3.67. The van der Waals surface area contributed by atoms with E-state index in [2.05, 4.69) is 5.43 Å². The summed E-state index contributed by atoms with van der Waals surface area (Å²) in [4.78, 5) is 26.0. The molecule has 1 aliphatic heterocycles. The molecule has 6 heteroatoms. The van der Waals surface area contributed by atoms with Crippen molar-refractivity contribution in [2.24, 2.45) is 0 Å². The van der Waals surface area contributed by atoms with E-state index in [4.69, 9.17) is 4.74 Å². The van der Waals surface area contributed by atoms with Crippen LogP contribution in [0.1, 0.15) is 44.8 Å². The molecular formula is C16H18N2O3S. The fourth-order valence-corrected chi connectivity index (χ4v) is 3.60. The molecule has 0 unspecified atom stereocenters. The molecule has 1 aliphatic rings. The van der Waals surface area contributed by atoms with Gasteiger partial charge in [-0.15, -0.1) is 11.3 Å². The van der Waals surface area contributed by atoms with Crippen molar-refractivity contribution in [3.8, 4) is 0 Å². The van der Waals surface area contributed by atoms with Gasteiger partial charge in [0.25, 0.3) is 11.5 Å². The van der Waals surface area contributed by atoms with Crippen LogP contribution in [0, 0.1) is 13.8 Å². The van der Waals surface area contributed by atoms with E-state index in [1.165, 1.54) is 22.1 Å². The molecule has 0 aliphatic carbocycles. The van der Waals surface area contributed by atoms with Crippen LogP contribution in [0.2, 0.25) is 0 Å². The largest absolute Gasteiger partial charge is 0.373 e. The van der Waals surface area contributed by atoms with Gasteiger partial charge in [-0.1, -0.05) is 0 Å². The molecule has 2 aromatic rings. The second-order valence-electron chi connectivity index (χ2n) is 5.49. The highest BCUT2D eigenvalue weighted by molar-refractivity contribution is 7.14. The molecular weight excluding hydrogens is 300 g/mol. The van der Waals surface area contributed by atoms with Crippen molar-refractivity contribution < 1.29 is 9.53 Å². The van der Waals surface area contributed by atoms with Gasteiger partial charge < -0.3 is 4.74 Å². The molecule has 5 nitrogen and oxygen atoms in total. The predicted molar refractivity (Wildman–Crippen MR) is 86.1 cm³/mol. The quantitative estimate of drug-likeness (QED) is 0.946. The lowest BCUT2D eigenvalue weighted by molar-refractivity contribution is 0.101. The van der Waals surface area contributed by atoms with E-state index in [1.54, 1.807) is 13.0 Å². The summed E-state index contributed by atoms with van der Waals surface area (Å²) >= 11 is 1.42. The van der Waals surface area contributed by atoms with Crippen LogP contribution in [0.4, 0.5) is 0 Å². The number of ether oxygens (including phenoxy) is 1. The molecule has 22 heavy (non-hydrogen) atoms. The first-order valence-electron chi connectivity index (χ1n) is 7.27. The van der Waals surface area contributed by atoms with E-state index in [0.29, 0.717) is 10.6 Å². The van der Waals surface area contributed by atoms with Crippen LogP contribution in [0.3, 0.4) is 0 Å². The first-order valence-corrected chi connectivity index (χ1v) is 8.09. The second kappa shape index (κ2) is 6.06. The lowest BCUT2D eigenvalue weighted by Crippen LogP contribution is -2.34. The summed E-state index contributed by atoms with van der Waals surface area (Å²) in [5, 5.41) is 0. The minimum atomic E-state index is -0.275. The van der Waals surface area contributed by atoms with Crippen LogP contribution in [0.15, 0.2) is 29.1 Å². The van der Waals surface area contributed by atoms with E-state index < -0.39 is 0 Å². The number of hydrogen-bond donors (Lipinski definition) is 1. The highest BCUT2D eigenvalue weighted by atomic mass is 32.1. The van der Waals surface area contributed by atoms with Gasteiger partial charge in [0, 0.05) is 23.2 Å². The number of thiophene rings is 1. The van der Waals surface area contributed by atoms with E-state index in [-0.39, 0.29) is 17.6 Å². The third kappa shape index (κ3) is 2.98. The molecule has 1 N–H and O–H groups in total. The van der Waals surface area contributed by atoms with Crippen molar-refractivity contribution in [3.63, 3.8) is 0 Å². The first kappa shape index (κ1) is 15.0. The summed E-state index contributed by atoms with van der Waals surface area (Å²) in [6.07, 6.45) is 2.16. The van der Waals surface area contributed by atoms with Gasteiger partial charge in [0.05, 0.1) is 11.0 Å². The van der Waals surface area contributed by atoms with Crippen molar-refractivity contribution in [2.75, 3.05) is 12.0 Å². The topological polar surface area (TPSA) is 60.3 Å². The summed E-state index contributed by atoms with van der Waals surface area (Å²) in [5.74, 6) is -0.275. The second-order valence-corrected chi connectivity index (χ2v) is 6.61. The van der Waals surface area contributed by atoms with Crippen molar-refractivity contribution in [1.29, 1.82) is 0 Å². The molecule has 0 bridgehead atoms. The number of carbonyl (C=O) groups is 1. The smallest absolute Gasteiger partial charge is 0.280 e. The molecule has 1 saturated heterocycles. The number of nitrogens with one attached hydrogen (secondary N) is 1. The predicted octanol–water partition coefficient (Wildman–Crippen LogP) is 2.76. The Hall–Kier alpha value is -1.92. The van der Waals surface area contributed by atoms with Crippen LogP contribution >= 0.6 is 11.3 Å². The standard InChI is InChI=1S/C16H18N2O3S/c1-10-8-11(2)18(15(19)9-10)17-16(20)14-6-5-13(22-14)12-4-3-7-21-12/h5-6,8-9,12H,3-4,7H2,1-2H3,(H,17,20)/t12-/m1/s1. The lowest BCUT2D eigenvalue weighted by Gasteiger charge is -2.11. The monoisotopic (exact) mass is 318 g/mol. The van der Waals surface area contributed by atoms with Gasteiger partial charge >= 0.3 is 0 Å². The summed E-state index contributed by atoms with van der Waals surface area (Å²) < 4.78 is 6.90. The summed E-state index contributed by atoms with van der Waals surface area (Å²) in [5.41, 5.74) is 4.01. The molecule has 3 heterocycles. The zero-order valence-corrected chi connectivity index (χ0v) is 13.4. The molecule has 2 aromatic heterocycles. The number of rotatable bonds is 3. The minimum Gasteiger partial charge on any atom is -0.373 e. The Bertz CT molecular complexity index is 757. The van der Waals surface area contributed by atoms with Gasteiger partial charge in [-0.25, -0.2) is 4.68 Å². The fourth-order valence-electron chi connectivity index (χ4n) is 2.62. The number of pyridine rings is 1. The molecule has 0 aromatic carbocycles. The Kier molecular flexibility index (Phi) is 4.13. The fraction of sp³-hybridized carbons (Fsp3) is 0.375. The van der Waals surface area contributed by atoms with E-state index in [9.17, 15) is 9.59 Å². The van der Waals surface area contributed by atoms with Gasteiger partial charge in [-0.2, -0.15) is 0 Å². The normalized spacial score (nSPS) is 17.6. The molecule has 3 rings (SSSR count). The lowest BCUT2D eigenvalue weighted by atomic mass is 10.2.